The molecule has 3 rings (SSSR count). The molecule has 1 aromatic carbocycles. The van der Waals surface area contributed by atoms with Crippen LogP contribution in [0.3, 0.4) is 0 Å². The van der Waals surface area contributed by atoms with Crippen molar-refractivity contribution in [2.24, 2.45) is 0 Å². The predicted octanol–water partition coefficient (Wildman–Crippen LogP) is 2.14. The van der Waals surface area contributed by atoms with Gasteiger partial charge in [0.15, 0.2) is 0 Å². The van der Waals surface area contributed by atoms with Crippen LogP contribution >= 0.6 is 0 Å². The molecule has 0 saturated carbocycles. The van der Waals surface area contributed by atoms with Crippen LogP contribution in [0, 0.1) is 0 Å². The molecule has 0 saturated heterocycles. The molecule has 0 fully saturated rings. The molecule has 3 aromatic rings. The predicted molar refractivity (Wildman–Crippen MR) is 72.7 cm³/mol. The second-order valence-electron chi connectivity index (χ2n) is 4.26. The highest BCUT2D eigenvalue weighted by atomic mass is 16.1. The minimum Gasteiger partial charge on any atom is -0.326 e. The van der Waals surface area contributed by atoms with Gasteiger partial charge in [0.2, 0.25) is 5.91 Å². The highest BCUT2D eigenvalue weighted by Gasteiger charge is 2.05. The lowest BCUT2D eigenvalue weighted by atomic mass is 10.2. The SMILES string of the molecule is O=C(Cc1cccnc1)Nc1ccc2[nH]ncc2c1. The van der Waals surface area contributed by atoms with E-state index in [2.05, 4.69) is 20.5 Å². The van der Waals surface area contributed by atoms with Crippen molar-refractivity contribution in [2.45, 2.75) is 6.42 Å². The highest BCUT2D eigenvalue weighted by molar-refractivity contribution is 5.94. The summed E-state index contributed by atoms with van der Waals surface area (Å²) in [4.78, 5) is 15.9. The van der Waals surface area contributed by atoms with Gasteiger partial charge in [0.05, 0.1) is 18.1 Å². The maximum absolute atomic E-state index is 11.9. The number of nitrogens with one attached hydrogen (secondary N) is 2. The number of rotatable bonds is 3. The zero-order chi connectivity index (χ0) is 13.1. The molecule has 5 nitrogen and oxygen atoms in total. The van der Waals surface area contributed by atoms with Gasteiger partial charge in [-0.1, -0.05) is 6.07 Å². The molecule has 0 unspecified atom stereocenters. The number of carbonyl (C=O) groups is 1. The van der Waals surface area contributed by atoms with Gasteiger partial charge in [-0.15, -0.1) is 0 Å². The Morgan fingerprint density at radius 1 is 1.26 bits per heavy atom. The van der Waals surface area contributed by atoms with Gasteiger partial charge in [-0.3, -0.25) is 14.9 Å². The summed E-state index contributed by atoms with van der Waals surface area (Å²) >= 11 is 0. The second kappa shape index (κ2) is 4.89. The number of anilines is 1. The molecular weight excluding hydrogens is 240 g/mol. The molecule has 0 radical (unpaired) electrons. The Kier molecular flexibility index (Phi) is 2.94. The Balaban J connectivity index is 1.72. The quantitative estimate of drug-likeness (QED) is 0.750. The number of fused-ring (bicyclic) bond motifs is 1. The van der Waals surface area contributed by atoms with E-state index >= 15 is 0 Å². The summed E-state index contributed by atoms with van der Waals surface area (Å²) in [6.45, 7) is 0. The van der Waals surface area contributed by atoms with E-state index in [4.69, 9.17) is 0 Å². The van der Waals surface area contributed by atoms with Crippen molar-refractivity contribution in [2.75, 3.05) is 5.32 Å². The first-order valence-electron chi connectivity index (χ1n) is 5.93. The Labute approximate surface area is 109 Å². The van der Waals surface area contributed by atoms with Crippen LogP contribution in [0.25, 0.3) is 10.9 Å². The zero-order valence-corrected chi connectivity index (χ0v) is 10.1. The topological polar surface area (TPSA) is 70.7 Å². The smallest absolute Gasteiger partial charge is 0.228 e. The molecule has 0 aliphatic carbocycles. The molecule has 5 heteroatoms. The summed E-state index contributed by atoms with van der Waals surface area (Å²) in [6, 6.07) is 9.33. The minimum atomic E-state index is -0.0594. The van der Waals surface area contributed by atoms with E-state index in [1.165, 1.54) is 0 Å². The van der Waals surface area contributed by atoms with Crippen molar-refractivity contribution in [1.29, 1.82) is 0 Å². The van der Waals surface area contributed by atoms with Crippen molar-refractivity contribution in [3.8, 4) is 0 Å². The first-order chi connectivity index (χ1) is 9.31. The number of amides is 1. The standard InChI is InChI=1S/C14H12N4O/c19-14(6-10-2-1-5-15-8-10)17-12-3-4-13-11(7-12)9-16-18-13/h1-5,7-9H,6H2,(H,16,18)(H,17,19). The van der Waals surface area contributed by atoms with Gasteiger partial charge < -0.3 is 5.32 Å². The van der Waals surface area contributed by atoms with E-state index in [1.807, 2.05) is 30.3 Å². The van der Waals surface area contributed by atoms with Crippen LogP contribution in [-0.2, 0) is 11.2 Å². The first-order valence-corrected chi connectivity index (χ1v) is 5.93. The monoisotopic (exact) mass is 252 g/mol. The molecule has 0 aliphatic rings. The molecule has 2 N–H and O–H groups in total. The number of aromatic nitrogens is 3. The molecule has 0 spiro atoms. The highest BCUT2D eigenvalue weighted by Crippen LogP contribution is 2.16. The van der Waals surface area contributed by atoms with Gasteiger partial charge in [-0.05, 0) is 29.8 Å². The Bertz CT molecular complexity index is 706. The fraction of sp³-hybridized carbons (Fsp3) is 0.0714. The van der Waals surface area contributed by atoms with E-state index in [0.717, 1.165) is 22.2 Å². The van der Waals surface area contributed by atoms with Crippen molar-refractivity contribution >= 4 is 22.5 Å². The number of H-pyrrole nitrogens is 1. The summed E-state index contributed by atoms with van der Waals surface area (Å²) in [5.74, 6) is -0.0594. The summed E-state index contributed by atoms with van der Waals surface area (Å²) in [5.41, 5.74) is 2.61. The van der Waals surface area contributed by atoms with Crippen LogP contribution in [0.4, 0.5) is 5.69 Å². The lowest BCUT2D eigenvalue weighted by Crippen LogP contribution is -2.14. The van der Waals surface area contributed by atoms with E-state index in [0.29, 0.717) is 6.42 Å². The maximum atomic E-state index is 11.9. The third kappa shape index (κ3) is 2.60. The van der Waals surface area contributed by atoms with Gasteiger partial charge in [0.1, 0.15) is 0 Å². The van der Waals surface area contributed by atoms with Crippen LogP contribution in [0.1, 0.15) is 5.56 Å². The number of pyridine rings is 1. The maximum Gasteiger partial charge on any atom is 0.228 e. The van der Waals surface area contributed by atoms with Gasteiger partial charge in [0, 0.05) is 23.5 Å². The number of hydrogen-bond acceptors (Lipinski definition) is 3. The molecule has 19 heavy (non-hydrogen) atoms. The second-order valence-corrected chi connectivity index (χ2v) is 4.26. The molecule has 0 aliphatic heterocycles. The number of aromatic amines is 1. The summed E-state index contributed by atoms with van der Waals surface area (Å²) in [7, 11) is 0. The molecular formula is C14H12N4O. The molecule has 0 atom stereocenters. The largest absolute Gasteiger partial charge is 0.326 e. The van der Waals surface area contributed by atoms with Crippen LogP contribution in [0.15, 0.2) is 48.9 Å². The molecule has 0 bridgehead atoms. The summed E-state index contributed by atoms with van der Waals surface area (Å²) in [5, 5.41) is 10.6. The number of carbonyl (C=O) groups excluding carboxylic acids is 1. The van der Waals surface area contributed by atoms with Crippen molar-refractivity contribution < 1.29 is 4.79 Å². The Hall–Kier alpha value is -2.69. The van der Waals surface area contributed by atoms with Crippen molar-refractivity contribution in [3.05, 3.63) is 54.5 Å². The molecule has 2 heterocycles. The van der Waals surface area contributed by atoms with E-state index in [9.17, 15) is 4.79 Å². The van der Waals surface area contributed by atoms with Crippen LogP contribution < -0.4 is 5.32 Å². The van der Waals surface area contributed by atoms with Gasteiger partial charge in [0.25, 0.3) is 0 Å². The lowest BCUT2D eigenvalue weighted by Gasteiger charge is -2.05. The van der Waals surface area contributed by atoms with Crippen LogP contribution in [0.2, 0.25) is 0 Å². The summed E-state index contributed by atoms with van der Waals surface area (Å²) in [6.07, 6.45) is 5.43. The van der Waals surface area contributed by atoms with Gasteiger partial charge in [-0.25, -0.2) is 0 Å². The molecule has 2 aromatic heterocycles. The third-order valence-electron chi connectivity index (χ3n) is 2.81. The van der Waals surface area contributed by atoms with Crippen LogP contribution in [0.5, 0.6) is 0 Å². The minimum absolute atomic E-state index is 0.0594. The fourth-order valence-electron chi connectivity index (χ4n) is 1.91. The normalized spacial score (nSPS) is 10.5. The third-order valence-corrected chi connectivity index (χ3v) is 2.81. The zero-order valence-electron chi connectivity index (χ0n) is 10.1. The van der Waals surface area contributed by atoms with E-state index in [-0.39, 0.29) is 5.91 Å². The fourth-order valence-corrected chi connectivity index (χ4v) is 1.91. The van der Waals surface area contributed by atoms with E-state index < -0.39 is 0 Å². The lowest BCUT2D eigenvalue weighted by molar-refractivity contribution is -0.115. The van der Waals surface area contributed by atoms with Crippen molar-refractivity contribution in [1.82, 2.24) is 15.2 Å². The molecule has 1 amide bonds. The Morgan fingerprint density at radius 3 is 3.05 bits per heavy atom. The summed E-state index contributed by atoms with van der Waals surface area (Å²) < 4.78 is 0. The number of benzene rings is 1. The average Bonchev–Trinajstić information content (AvgIpc) is 2.87. The first kappa shape index (κ1) is 11.4. The number of hydrogen-bond donors (Lipinski definition) is 2. The number of nitrogens with zero attached hydrogens (tertiary/aromatic N) is 2. The van der Waals surface area contributed by atoms with E-state index in [1.54, 1.807) is 18.6 Å². The van der Waals surface area contributed by atoms with Crippen LogP contribution in [-0.4, -0.2) is 21.1 Å². The van der Waals surface area contributed by atoms with Gasteiger partial charge >= 0.3 is 0 Å². The van der Waals surface area contributed by atoms with Gasteiger partial charge in [-0.2, -0.15) is 5.10 Å². The van der Waals surface area contributed by atoms with Crippen molar-refractivity contribution in [3.63, 3.8) is 0 Å². The average molecular weight is 252 g/mol. The molecule has 94 valence electrons. The Morgan fingerprint density at radius 2 is 2.21 bits per heavy atom.